The number of hydrogen-bond acceptors (Lipinski definition) is 5. The molecule has 29 heavy (non-hydrogen) atoms. The largest absolute Gasteiger partial charge is 0.496 e. The first-order valence-corrected chi connectivity index (χ1v) is 9.66. The molecule has 7 heteroatoms. The summed E-state index contributed by atoms with van der Waals surface area (Å²) in [5, 5.41) is 2.98. The van der Waals surface area contributed by atoms with E-state index in [0.717, 1.165) is 12.8 Å². The Morgan fingerprint density at radius 3 is 2.38 bits per heavy atom. The van der Waals surface area contributed by atoms with Crippen LogP contribution >= 0.6 is 0 Å². The molecule has 3 amide bonds. The smallest absolute Gasteiger partial charge is 0.261 e. The highest BCUT2D eigenvalue weighted by molar-refractivity contribution is 6.21. The van der Waals surface area contributed by atoms with Crippen LogP contribution in [0.5, 0.6) is 5.75 Å². The number of rotatable bonds is 7. The molecule has 1 unspecified atom stereocenters. The zero-order chi connectivity index (χ0) is 20.5. The van der Waals surface area contributed by atoms with E-state index >= 15 is 0 Å². The van der Waals surface area contributed by atoms with Crippen molar-refractivity contribution >= 4 is 17.7 Å². The lowest BCUT2D eigenvalue weighted by atomic mass is 10.1. The van der Waals surface area contributed by atoms with Crippen LogP contribution in [-0.4, -0.2) is 42.3 Å². The first kappa shape index (κ1) is 19.1. The number of amides is 3. The van der Waals surface area contributed by atoms with Gasteiger partial charge in [0.25, 0.3) is 17.7 Å². The van der Waals surface area contributed by atoms with E-state index in [-0.39, 0.29) is 30.3 Å². The molecule has 7 nitrogen and oxygen atoms in total. The fraction of sp³-hybridized carbons (Fsp3) is 0.318. The third-order valence-electron chi connectivity index (χ3n) is 5.49. The average Bonchev–Trinajstić information content (AvgIpc) is 3.56. The minimum atomic E-state index is -0.329. The minimum absolute atomic E-state index is 0.0629. The van der Waals surface area contributed by atoms with E-state index in [9.17, 15) is 14.4 Å². The van der Waals surface area contributed by atoms with Gasteiger partial charge in [0.2, 0.25) is 0 Å². The molecule has 0 aromatic heterocycles. The molecule has 1 aliphatic heterocycles. The van der Waals surface area contributed by atoms with E-state index in [1.54, 1.807) is 42.5 Å². The number of carbonyl (C=O) groups excluding carboxylic acids is 3. The predicted molar refractivity (Wildman–Crippen MR) is 107 cm³/mol. The zero-order valence-corrected chi connectivity index (χ0v) is 16.2. The number of ether oxygens (including phenoxy) is 1. The molecule has 1 fully saturated rings. The van der Waals surface area contributed by atoms with Crippen molar-refractivity contribution < 1.29 is 19.1 Å². The van der Waals surface area contributed by atoms with Crippen molar-refractivity contribution in [2.45, 2.75) is 25.4 Å². The van der Waals surface area contributed by atoms with E-state index < -0.39 is 0 Å². The summed E-state index contributed by atoms with van der Waals surface area (Å²) in [6.45, 7) is 0.465. The van der Waals surface area contributed by atoms with Gasteiger partial charge < -0.3 is 15.8 Å². The number of imide groups is 1. The highest BCUT2D eigenvalue weighted by atomic mass is 16.5. The molecule has 1 saturated carbocycles. The molecule has 0 spiro atoms. The fourth-order valence-corrected chi connectivity index (χ4v) is 3.71. The van der Waals surface area contributed by atoms with Crippen LogP contribution in [0.15, 0.2) is 42.5 Å². The van der Waals surface area contributed by atoms with Crippen molar-refractivity contribution in [3.8, 4) is 5.75 Å². The van der Waals surface area contributed by atoms with Gasteiger partial charge in [-0.25, -0.2) is 0 Å². The molecule has 3 N–H and O–H groups in total. The lowest BCUT2D eigenvalue weighted by molar-refractivity contribution is 0.0642. The van der Waals surface area contributed by atoms with Crippen molar-refractivity contribution in [1.29, 1.82) is 0 Å². The normalized spacial score (nSPS) is 16.6. The van der Waals surface area contributed by atoms with Crippen molar-refractivity contribution in [1.82, 2.24) is 10.2 Å². The molecule has 0 bridgehead atoms. The number of benzene rings is 2. The zero-order valence-electron chi connectivity index (χ0n) is 16.2. The summed E-state index contributed by atoms with van der Waals surface area (Å²) in [6.07, 6.45) is 2.14. The summed E-state index contributed by atoms with van der Waals surface area (Å²) < 4.78 is 5.34. The minimum Gasteiger partial charge on any atom is -0.496 e. The number of nitrogens with one attached hydrogen (secondary N) is 1. The monoisotopic (exact) mass is 393 g/mol. The third kappa shape index (κ3) is 3.61. The van der Waals surface area contributed by atoms with Crippen LogP contribution < -0.4 is 15.8 Å². The van der Waals surface area contributed by atoms with Gasteiger partial charge in [0.15, 0.2) is 0 Å². The molecule has 1 heterocycles. The van der Waals surface area contributed by atoms with Gasteiger partial charge in [-0.1, -0.05) is 18.2 Å². The molecule has 0 saturated heterocycles. The van der Waals surface area contributed by atoms with Crippen molar-refractivity contribution in [2.24, 2.45) is 11.7 Å². The van der Waals surface area contributed by atoms with Gasteiger partial charge in [-0.05, 0) is 48.6 Å². The van der Waals surface area contributed by atoms with Gasteiger partial charge >= 0.3 is 0 Å². The summed E-state index contributed by atoms with van der Waals surface area (Å²) in [5.41, 5.74) is 7.63. The molecule has 2 aliphatic rings. The van der Waals surface area contributed by atoms with Gasteiger partial charge in [-0.3, -0.25) is 19.3 Å². The third-order valence-corrected chi connectivity index (χ3v) is 5.49. The van der Waals surface area contributed by atoms with Crippen molar-refractivity contribution in [3.05, 3.63) is 64.7 Å². The molecule has 2 aromatic carbocycles. The molecule has 2 aromatic rings. The van der Waals surface area contributed by atoms with E-state index in [2.05, 4.69) is 5.32 Å². The first-order chi connectivity index (χ1) is 14.0. The summed E-state index contributed by atoms with van der Waals surface area (Å²) in [4.78, 5) is 39.2. The lowest BCUT2D eigenvalue weighted by Gasteiger charge is -2.19. The van der Waals surface area contributed by atoms with Gasteiger partial charge in [0, 0.05) is 12.6 Å². The van der Waals surface area contributed by atoms with Gasteiger partial charge in [-0.15, -0.1) is 0 Å². The van der Waals surface area contributed by atoms with Crippen molar-refractivity contribution in [3.63, 3.8) is 0 Å². The molecular formula is C22H23N3O4. The first-order valence-electron chi connectivity index (χ1n) is 9.66. The molecule has 1 aliphatic carbocycles. The second kappa shape index (κ2) is 7.67. The predicted octanol–water partition coefficient (Wildman–Crippen LogP) is 1.96. The summed E-state index contributed by atoms with van der Waals surface area (Å²) in [6, 6.07) is 11.8. The molecule has 150 valence electrons. The summed E-state index contributed by atoms with van der Waals surface area (Å²) >= 11 is 0. The second-order valence-corrected chi connectivity index (χ2v) is 7.43. The van der Waals surface area contributed by atoms with Crippen LogP contribution in [0.3, 0.4) is 0 Å². The van der Waals surface area contributed by atoms with E-state index in [1.165, 1.54) is 12.0 Å². The number of carbonyl (C=O) groups is 3. The maximum absolute atomic E-state index is 12.8. The van der Waals surface area contributed by atoms with Gasteiger partial charge in [0.1, 0.15) is 5.75 Å². The SMILES string of the molecule is COc1ccc(CN2C(=O)c3ccccc3C2=O)cc1C(=O)NC(CN)C1CC1. The van der Waals surface area contributed by atoms with Crippen LogP contribution in [0.1, 0.15) is 49.5 Å². The quantitative estimate of drug-likeness (QED) is 0.700. The van der Waals surface area contributed by atoms with Gasteiger partial charge in [-0.2, -0.15) is 0 Å². The number of nitrogens with two attached hydrogens (primary N) is 1. The van der Waals surface area contributed by atoms with Crippen LogP contribution in [0.2, 0.25) is 0 Å². The Morgan fingerprint density at radius 1 is 1.17 bits per heavy atom. The molecular weight excluding hydrogens is 370 g/mol. The highest BCUT2D eigenvalue weighted by Gasteiger charge is 2.35. The standard InChI is InChI=1S/C22H23N3O4/c1-29-19-9-6-13(10-17(19)20(26)24-18(11-23)14-7-8-14)12-25-21(27)15-4-2-3-5-16(15)22(25)28/h2-6,9-10,14,18H,7-8,11-12,23H2,1H3,(H,24,26). The number of hydrogen-bond donors (Lipinski definition) is 2. The topological polar surface area (TPSA) is 102 Å². The van der Waals surface area contributed by atoms with E-state index in [4.69, 9.17) is 10.5 Å². The number of nitrogens with zero attached hydrogens (tertiary/aromatic N) is 1. The average molecular weight is 393 g/mol. The Kier molecular flexibility index (Phi) is 5.07. The van der Waals surface area contributed by atoms with E-state index in [1.807, 2.05) is 0 Å². The van der Waals surface area contributed by atoms with Crippen LogP contribution in [0, 0.1) is 5.92 Å². The fourth-order valence-electron chi connectivity index (χ4n) is 3.71. The van der Waals surface area contributed by atoms with Crippen LogP contribution in [-0.2, 0) is 6.54 Å². The Labute approximate surface area is 168 Å². The van der Waals surface area contributed by atoms with Crippen LogP contribution in [0.4, 0.5) is 0 Å². The second-order valence-electron chi connectivity index (χ2n) is 7.43. The highest BCUT2D eigenvalue weighted by Crippen LogP contribution is 2.33. The molecule has 4 rings (SSSR count). The molecule has 1 atom stereocenters. The Balaban J connectivity index is 1.56. The van der Waals surface area contributed by atoms with E-state index in [0.29, 0.717) is 40.5 Å². The number of fused-ring (bicyclic) bond motifs is 1. The lowest BCUT2D eigenvalue weighted by Crippen LogP contribution is -2.41. The van der Waals surface area contributed by atoms with Crippen molar-refractivity contribution in [2.75, 3.05) is 13.7 Å². The Morgan fingerprint density at radius 2 is 1.83 bits per heavy atom. The Hall–Kier alpha value is -3.19. The summed E-state index contributed by atoms with van der Waals surface area (Å²) in [7, 11) is 1.50. The Bertz CT molecular complexity index is 949. The summed E-state index contributed by atoms with van der Waals surface area (Å²) in [5.74, 6) is -0.0706. The van der Waals surface area contributed by atoms with Gasteiger partial charge in [0.05, 0.1) is 30.3 Å². The number of methoxy groups -OCH3 is 1. The molecule has 0 radical (unpaired) electrons. The maximum Gasteiger partial charge on any atom is 0.261 e. The maximum atomic E-state index is 12.8. The van der Waals surface area contributed by atoms with Crippen LogP contribution in [0.25, 0.3) is 0 Å².